The van der Waals surface area contributed by atoms with Crippen LogP contribution in [0.1, 0.15) is 17.2 Å². The SMILES string of the molecule is Cc1cc(C(N)C(=O)O)cc(F)c1F. The molecule has 0 aliphatic carbocycles. The lowest BCUT2D eigenvalue weighted by Crippen LogP contribution is -2.21. The third-order valence-electron chi connectivity index (χ3n) is 1.86. The molecule has 1 unspecified atom stereocenters. The van der Waals surface area contributed by atoms with E-state index in [1.807, 2.05) is 0 Å². The van der Waals surface area contributed by atoms with Crippen molar-refractivity contribution in [2.24, 2.45) is 5.73 Å². The molecule has 1 atom stereocenters. The zero-order valence-electron chi connectivity index (χ0n) is 7.42. The molecule has 0 spiro atoms. The largest absolute Gasteiger partial charge is 0.480 e. The van der Waals surface area contributed by atoms with E-state index < -0.39 is 23.6 Å². The average molecular weight is 201 g/mol. The van der Waals surface area contributed by atoms with Crippen molar-refractivity contribution in [3.05, 3.63) is 34.9 Å². The summed E-state index contributed by atoms with van der Waals surface area (Å²) in [6, 6.07) is 0.682. The van der Waals surface area contributed by atoms with Crippen LogP contribution in [0.2, 0.25) is 0 Å². The van der Waals surface area contributed by atoms with Gasteiger partial charge in [-0.3, -0.25) is 4.79 Å². The van der Waals surface area contributed by atoms with Crippen LogP contribution in [0.5, 0.6) is 0 Å². The van der Waals surface area contributed by atoms with Gasteiger partial charge >= 0.3 is 5.97 Å². The van der Waals surface area contributed by atoms with E-state index in [0.29, 0.717) is 0 Å². The number of hydrogen-bond acceptors (Lipinski definition) is 2. The minimum absolute atomic E-state index is 0.0386. The van der Waals surface area contributed by atoms with Gasteiger partial charge in [0, 0.05) is 0 Å². The van der Waals surface area contributed by atoms with Gasteiger partial charge in [0.15, 0.2) is 11.6 Å². The molecule has 76 valence electrons. The highest BCUT2D eigenvalue weighted by Crippen LogP contribution is 2.18. The van der Waals surface area contributed by atoms with Gasteiger partial charge in [-0.05, 0) is 24.1 Å². The molecule has 5 heteroatoms. The number of hydrogen-bond donors (Lipinski definition) is 2. The van der Waals surface area contributed by atoms with Gasteiger partial charge in [0.25, 0.3) is 0 Å². The molecule has 0 bridgehead atoms. The maximum Gasteiger partial charge on any atom is 0.325 e. The summed E-state index contributed by atoms with van der Waals surface area (Å²) in [5.41, 5.74) is 5.33. The summed E-state index contributed by atoms with van der Waals surface area (Å²) in [5, 5.41) is 8.55. The normalized spacial score (nSPS) is 12.6. The first-order chi connectivity index (χ1) is 6.43. The number of aryl methyl sites for hydroxylation is 1. The molecule has 14 heavy (non-hydrogen) atoms. The molecule has 1 aromatic carbocycles. The molecule has 0 amide bonds. The van der Waals surface area contributed by atoms with Crippen LogP contribution in [-0.2, 0) is 4.79 Å². The van der Waals surface area contributed by atoms with Gasteiger partial charge in [-0.2, -0.15) is 0 Å². The number of carboxylic acids is 1. The van der Waals surface area contributed by atoms with Gasteiger partial charge in [0.1, 0.15) is 6.04 Å². The summed E-state index contributed by atoms with van der Waals surface area (Å²) in [6.45, 7) is 1.34. The van der Waals surface area contributed by atoms with Crippen molar-refractivity contribution in [1.29, 1.82) is 0 Å². The topological polar surface area (TPSA) is 63.3 Å². The van der Waals surface area contributed by atoms with Crippen molar-refractivity contribution in [3.63, 3.8) is 0 Å². The molecule has 3 nitrogen and oxygen atoms in total. The third kappa shape index (κ3) is 1.88. The number of rotatable bonds is 2. The predicted molar refractivity (Wildman–Crippen MR) is 45.7 cm³/mol. The number of halogens is 2. The van der Waals surface area contributed by atoms with Gasteiger partial charge in [0.2, 0.25) is 0 Å². The van der Waals surface area contributed by atoms with Crippen LogP contribution >= 0.6 is 0 Å². The van der Waals surface area contributed by atoms with Crippen molar-refractivity contribution in [3.8, 4) is 0 Å². The molecular formula is C9H9F2NO2. The fourth-order valence-corrected chi connectivity index (χ4v) is 1.08. The van der Waals surface area contributed by atoms with Crippen molar-refractivity contribution in [1.82, 2.24) is 0 Å². The monoisotopic (exact) mass is 201 g/mol. The molecule has 0 aliphatic heterocycles. The minimum atomic E-state index is -1.33. The van der Waals surface area contributed by atoms with Crippen molar-refractivity contribution < 1.29 is 18.7 Å². The van der Waals surface area contributed by atoms with E-state index in [9.17, 15) is 13.6 Å². The standard InChI is InChI=1S/C9H9F2NO2/c1-4-2-5(8(12)9(13)14)3-6(10)7(4)11/h2-3,8H,12H2,1H3,(H,13,14). The summed E-state index contributed by atoms with van der Waals surface area (Å²) in [7, 11) is 0. The smallest absolute Gasteiger partial charge is 0.325 e. The Morgan fingerprint density at radius 3 is 2.50 bits per heavy atom. The Bertz CT molecular complexity index is 356. The number of aliphatic carboxylic acids is 1. The van der Waals surface area contributed by atoms with Crippen LogP contribution in [-0.4, -0.2) is 11.1 Å². The van der Waals surface area contributed by atoms with Crippen LogP contribution in [0.15, 0.2) is 12.1 Å². The molecule has 1 rings (SSSR count). The van der Waals surface area contributed by atoms with E-state index in [2.05, 4.69) is 0 Å². The molecule has 0 fully saturated rings. The fourth-order valence-electron chi connectivity index (χ4n) is 1.08. The van der Waals surface area contributed by atoms with Crippen LogP contribution < -0.4 is 5.73 Å². The molecule has 0 saturated heterocycles. The van der Waals surface area contributed by atoms with E-state index in [4.69, 9.17) is 10.8 Å². The number of nitrogens with two attached hydrogens (primary N) is 1. The molecule has 0 radical (unpaired) electrons. The van der Waals surface area contributed by atoms with E-state index >= 15 is 0 Å². The Balaban J connectivity index is 3.19. The lowest BCUT2D eigenvalue weighted by Gasteiger charge is -2.08. The summed E-state index contributed by atoms with van der Waals surface area (Å²) < 4.78 is 25.7. The van der Waals surface area contributed by atoms with E-state index in [-0.39, 0.29) is 11.1 Å². The molecule has 0 aromatic heterocycles. The summed E-state index contributed by atoms with van der Waals surface area (Å²) in [6.07, 6.45) is 0. The predicted octanol–water partition coefficient (Wildman–Crippen LogP) is 1.36. The van der Waals surface area contributed by atoms with Gasteiger partial charge in [-0.15, -0.1) is 0 Å². The Kier molecular flexibility index (Phi) is 2.81. The first kappa shape index (κ1) is 10.6. The van der Waals surface area contributed by atoms with Gasteiger partial charge in [-0.25, -0.2) is 8.78 Å². The van der Waals surface area contributed by atoms with Crippen LogP contribution in [0.25, 0.3) is 0 Å². The minimum Gasteiger partial charge on any atom is -0.480 e. The maximum atomic E-state index is 12.8. The highest BCUT2D eigenvalue weighted by Gasteiger charge is 2.17. The molecule has 1 aromatic rings. The zero-order chi connectivity index (χ0) is 10.9. The van der Waals surface area contributed by atoms with E-state index in [1.165, 1.54) is 13.0 Å². The number of benzene rings is 1. The lowest BCUT2D eigenvalue weighted by atomic mass is 10.0. The maximum absolute atomic E-state index is 12.8. The summed E-state index contributed by atoms with van der Waals surface area (Å²) in [4.78, 5) is 10.5. The van der Waals surface area contributed by atoms with Crippen LogP contribution in [0, 0.1) is 18.6 Å². The second-order valence-electron chi connectivity index (χ2n) is 2.95. The number of carboxylic acid groups (broad SMARTS) is 1. The van der Waals surface area contributed by atoms with Crippen molar-refractivity contribution >= 4 is 5.97 Å². The second-order valence-corrected chi connectivity index (χ2v) is 2.95. The average Bonchev–Trinajstić information content (AvgIpc) is 2.12. The van der Waals surface area contributed by atoms with Crippen LogP contribution in [0.3, 0.4) is 0 Å². The number of carbonyl (C=O) groups is 1. The Morgan fingerprint density at radius 1 is 1.50 bits per heavy atom. The molecule has 0 heterocycles. The van der Waals surface area contributed by atoms with Crippen molar-refractivity contribution in [2.45, 2.75) is 13.0 Å². The highest BCUT2D eigenvalue weighted by molar-refractivity contribution is 5.75. The fraction of sp³-hybridized carbons (Fsp3) is 0.222. The molecule has 3 N–H and O–H groups in total. The van der Waals surface area contributed by atoms with E-state index in [1.54, 1.807) is 0 Å². The highest BCUT2D eigenvalue weighted by atomic mass is 19.2. The Labute approximate surface area is 79.2 Å². The molecular weight excluding hydrogens is 192 g/mol. The quantitative estimate of drug-likeness (QED) is 0.759. The Hall–Kier alpha value is -1.49. The van der Waals surface area contributed by atoms with E-state index in [0.717, 1.165) is 6.07 Å². The van der Waals surface area contributed by atoms with Gasteiger partial charge in [0.05, 0.1) is 0 Å². The second kappa shape index (κ2) is 3.71. The third-order valence-corrected chi connectivity index (χ3v) is 1.86. The zero-order valence-corrected chi connectivity index (χ0v) is 7.42. The lowest BCUT2D eigenvalue weighted by molar-refractivity contribution is -0.138. The molecule has 0 aliphatic rings. The summed E-state index contributed by atoms with van der Waals surface area (Å²) >= 11 is 0. The molecule has 0 saturated carbocycles. The first-order valence-corrected chi connectivity index (χ1v) is 3.87. The van der Waals surface area contributed by atoms with Gasteiger partial charge in [-0.1, -0.05) is 6.07 Å². The van der Waals surface area contributed by atoms with Gasteiger partial charge < -0.3 is 10.8 Å². The summed E-state index contributed by atoms with van der Waals surface area (Å²) in [5.74, 6) is -3.35. The Morgan fingerprint density at radius 2 is 2.07 bits per heavy atom. The first-order valence-electron chi connectivity index (χ1n) is 3.87. The van der Waals surface area contributed by atoms with Crippen LogP contribution in [0.4, 0.5) is 8.78 Å². The van der Waals surface area contributed by atoms with Crippen molar-refractivity contribution in [2.75, 3.05) is 0 Å².